The van der Waals surface area contributed by atoms with Crippen LogP contribution < -0.4 is 5.32 Å². The molecule has 0 atom stereocenters. The quantitative estimate of drug-likeness (QED) is 0.820. The van der Waals surface area contributed by atoms with Gasteiger partial charge in [0.1, 0.15) is 11.5 Å². The molecular formula is C18H32N2O. The van der Waals surface area contributed by atoms with Crippen LogP contribution in [0.1, 0.15) is 63.0 Å². The lowest BCUT2D eigenvalue weighted by Gasteiger charge is -2.26. The third kappa shape index (κ3) is 5.48. The monoisotopic (exact) mass is 292 g/mol. The molecule has 0 amide bonds. The number of rotatable bonds is 7. The molecule has 0 unspecified atom stereocenters. The Morgan fingerprint density at radius 2 is 2.00 bits per heavy atom. The van der Waals surface area contributed by atoms with Crippen LogP contribution in [-0.2, 0) is 13.1 Å². The van der Waals surface area contributed by atoms with E-state index in [9.17, 15) is 0 Å². The van der Waals surface area contributed by atoms with Crippen molar-refractivity contribution in [2.24, 2.45) is 5.92 Å². The average molecular weight is 292 g/mol. The van der Waals surface area contributed by atoms with E-state index in [0.29, 0.717) is 6.04 Å². The Kier molecular flexibility index (Phi) is 6.31. The van der Waals surface area contributed by atoms with Gasteiger partial charge in [-0.05, 0) is 44.4 Å². The highest BCUT2D eigenvalue weighted by molar-refractivity contribution is 5.20. The third-order valence-electron chi connectivity index (χ3n) is 4.46. The SMILES string of the molecule is Cc1cc(CN(C)CC2CCCCC2)oc1CNC(C)C. The molecule has 0 saturated heterocycles. The third-order valence-corrected chi connectivity index (χ3v) is 4.46. The largest absolute Gasteiger partial charge is 0.463 e. The van der Waals surface area contributed by atoms with Crippen molar-refractivity contribution in [3.05, 3.63) is 23.2 Å². The van der Waals surface area contributed by atoms with Crippen molar-refractivity contribution < 1.29 is 4.42 Å². The molecule has 0 spiro atoms. The van der Waals surface area contributed by atoms with Gasteiger partial charge in [-0.3, -0.25) is 4.90 Å². The standard InChI is InChI=1S/C18H32N2O/c1-14(2)19-11-18-15(3)10-17(21-18)13-20(4)12-16-8-6-5-7-9-16/h10,14,16,19H,5-9,11-13H2,1-4H3. The van der Waals surface area contributed by atoms with Crippen LogP contribution in [-0.4, -0.2) is 24.5 Å². The minimum absolute atomic E-state index is 0.493. The Balaban J connectivity index is 1.82. The number of hydrogen-bond acceptors (Lipinski definition) is 3. The molecule has 1 aromatic rings. The Morgan fingerprint density at radius 3 is 2.67 bits per heavy atom. The summed E-state index contributed by atoms with van der Waals surface area (Å²) in [5.74, 6) is 3.08. The second kappa shape index (κ2) is 8.00. The fourth-order valence-electron chi connectivity index (χ4n) is 3.28. The molecule has 21 heavy (non-hydrogen) atoms. The Bertz CT molecular complexity index is 419. The van der Waals surface area contributed by atoms with Gasteiger partial charge in [0.25, 0.3) is 0 Å². The summed E-state index contributed by atoms with van der Waals surface area (Å²) in [7, 11) is 2.22. The molecule has 0 bridgehead atoms. The van der Waals surface area contributed by atoms with E-state index in [1.54, 1.807) is 0 Å². The summed E-state index contributed by atoms with van der Waals surface area (Å²) >= 11 is 0. The summed E-state index contributed by atoms with van der Waals surface area (Å²) in [4.78, 5) is 2.42. The first-order valence-corrected chi connectivity index (χ1v) is 8.54. The zero-order chi connectivity index (χ0) is 15.2. The summed E-state index contributed by atoms with van der Waals surface area (Å²) < 4.78 is 6.02. The molecule has 3 nitrogen and oxygen atoms in total. The number of hydrogen-bond donors (Lipinski definition) is 1. The maximum atomic E-state index is 6.02. The van der Waals surface area contributed by atoms with E-state index in [4.69, 9.17) is 4.42 Å². The molecule has 0 aromatic carbocycles. The summed E-state index contributed by atoms with van der Waals surface area (Å²) in [6, 6.07) is 2.70. The molecule has 1 saturated carbocycles. The molecule has 2 rings (SSSR count). The average Bonchev–Trinajstić information content (AvgIpc) is 2.77. The summed E-state index contributed by atoms with van der Waals surface area (Å²) in [6.45, 7) is 9.44. The van der Waals surface area contributed by atoms with E-state index >= 15 is 0 Å². The molecule has 0 radical (unpaired) electrons. The van der Waals surface area contributed by atoms with Gasteiger partial charge in [-0.15, -0.1) is 0 Å². The van der Waals surface area contributed by atoms with E-state index < -0.39 is 0 Å². The zero-order valence-electron chi connectivity index (χ0n) is 14.2. The van der Waals surface area contributed by atoms with E-state index in [1.165, 1.54) is 44.2 Å². The highest BCUT2D eigenvalue weighted by Gasteiger charge is 2.16. The second-order valence-corrected chi connectivity index (χ2v) is 7.06. The number of nitrogens with zero attached hydrogens (tertiary/aromatic N) is 1. The Morgan fingerprint density at radius 1 is 1.29 bits per heavy atom. The van der Waals surface area contributed by atoms with Crippen LogP contribution in [0, 0.1) is 12.8 Å². The van der Waals surface area contributed by atoms with Crippen LogP contribution in [0.4, 0.5) is 0 Å². The highest BCUT2D eigenvalue weighted by Crippen LogP contribution is 2.25. The van der Waals surface area contributed by atoms with Gasteiger partial charge >= 0.3 is 0 Å². The molecule has 1 fully saturated rings. The molecular weight excluding hydrogens is 260 g/mol. The molecule has 3 heteroatoms. The molecule has 1 heterocycles. The molecule has 120 valence electrons. The van der Waals surface area contributed by atoms with Crippen LogP contribution in [0.3, 0.4) is 0 Å². The Hall–Kier alpha value is -0.800. The van der Waals surface area contributed by atoms with E-state index in [0.717, 1.165) is 30.5 Å². The molecule has 1 N–H and O–H groups in total. The second-order valence-electron chi connectivity index (χ2n) is 7.06. The molecule has 1 aliphatic rings. The van der Waals surface area contributed by atoms with E-state index in [1.807, 2.05) is 0 Å². The first-order valence-electron chi connectivity index (χ1n) is 8.54. The van der Waals surface area contributed by atoms with Gasteiger partial charge in [-0.2, -0.15) is 0 Å². The van der Waals surface area contributed by atoms with Crippen molar-refractivity contribution in [2.75, 3.05) is 13.6 Å². The van der Waals surface area contributed by atoms with E-state index in [-0.39, 0.29) is 0 Å². The zero-order valence-corrected chi connectivity index (χ0v) is 14.2. The van der Waals surface area contributed by atoms with Crippen LogP contribution in [0.15, 0.2) is 10.5 Å². The van der Waals surface area contributed by atoms with Crippen molar-refractivity contribution in [1.82, 2.24) is 10.2 Å². The van der Waals surface area contributed by atoms with Gasteiger partial charge in [0, 0.05) is 12.6 Å². The van der Waals surface area contributed by atoms with Crippen molar-refractivity contribution in [3.63, 3.8) is 0 Å². The topological polar surface area (TPSA) is 28.4 Å². The first-order chi connectivity index (χ1) is 10.0. The van der Waals surface area contributed by atoms with Crippen LogP contribution in [0.5, 0.6) is 0 Å². The van der Waals surface area contributed by atoms with Gasteiger partial charge in [-0.1, -0.05) is 33.1 Å². The smallest absolute Gasteiger partial charge is 0.120 e. The Labute approximate surface area is 130 Å². The molecule has 1 aromatic heterocycles. The maximum absolute atomic E-state index is 6.02. The summed E-state index contributed by atoms with van der Waals surface area (Å²) in [6.07, 6.45) is 7.09. The number of aryl methyl sites for hydroxylation is 1. The minimum atomic E-state index is 0.493. The van der Waals surface area contributed by atoms with Crippen LogP contribution in [0.2, 0.25) is 0 Å². The first kappa shape index (κ1) is 16.6. The number of nitrogens with one attached hydrogen (secondary N) is 1. The van der Waals surface area contributed by atoms with Crippen molar-refractivity contribution in [1.29, 1.82) is 0 Å². The number of furan rings is 1. The van der Waals surface area contributed by atoms with Gasteiger partial charge in [0.2, 0.25) is 0 Å². The fourth-order valence-corrected chi connectivity index (χ4v) is 3.28. The van der Waals surface area contributed by atoms with E-state index in [2.05, 4.69) is 44.1 Å². The van der Waals surface area contributed by atoms with Gasteiger partial charge in [0.05, 0.1) is 13.1 Å². The van der Waals surface area contributed by atoms with Gasteiger partial charge in [0.15, 0.2) is 0 Å². The van der Waals surface area contributed by atoms with Crippen molar-refractivity contribution in [3.8, 4) is 0 Å². The maximum Gasteiger partial charge on any atom is 0.120 e. The normalized spacial score (nSPS) is 17.0. The minimum Gasteiger partial charge on any atom is -0.463 e. The predicted octanol–water partition coefficient (Wildman–Crippen LogP) is 4.10. The molecule has 0 aliphatic heterocycles. The fraction of sp³-hybridized carbons (Fsp3) is 0.778. The molecule has 1 aliphatic carbocycles. The van der Waals surface area contributed by atoms with Crippen molar-refractivity contribution in [2.45, 2.75) is 72.0 Å². The lowest BCUT2D eigenvalue weighted by atomic mass is 9.89. The lowest BCUT2D eigenvalue weighted by Crippen LogP contribution is -2.26. The van der Waals surface area contributed by atoms with Crippen LogP contribution >= 0.6 is 0 Å². The summed E-state index contributed by atoms with van der Waals surface area (Å²) in [5, 5.41) is 3.43. The predicted molar refractivity (Wildman–Crippen MR) is 88.3 cm³/mol. The van der Waals surface area contributed by atoms with Gasteiger partial charge < -0.3 is 9.73 Å². The van der Waals surface area contributed by atoms with Crippen LogP contribution in [0.25, 0.3) is 0 Å². The highest BCUT2D eigenvalue weighted by atomic mass is 16.3. The van der Waals surface area contributed by atoms with Crippen molar-refractivity contribution >= 4 is 0 Å². The van der Waals surface area contributed by atoms with Gasteiger partial charge in [-0.25, -0.2) is 0 Å². The lowest BCUT2D eigenvalue weighted by molar-refractivity contribution is 0.214. The summed E-state index contributed by atoms with van der Waals surface area (Å²) in [5.41, 5.74) is 1.27.